The van der Waals surface area contributed by atoms with Crippen LogP contribution in [0.2, 0.25) is 0 Å². The first-order chi connectivity index (χ1) is 12.2. The summed E-state index contributed by atoms with van der Waals surface area (Å²) in [6.07, 6.45) is 5.28. The van der Waals surface area contributed by atoms with E-state index in [1.807, 2.05) is 6.92 Å². The summed E-state index contributed by atoms with van der Waals surface area (Å²) in [4.78, 5) is 27.5. The largest absolute Gasteiger partial charge is 0.328 e. The van der Waals surface area contributed by atoms with Crippen molar-refractivity contribution in [2.75, 3.05) is 0 Å². The van der Waals surface area contributed by atoms with Gasteiger partial charge in [-0.05, 0) is 56.2 Å². The molecule has 0 radical (unpaired) electrons. The van der Waals surface area contributed by atoms with Gasteiger partial charge in [-0.2, -0.15) is 0 Å². The second-order valence-electron chi connectivity index (χ2n) is 7.91. The van der Waals surface area contributed by atoms with E-state index in [9.17, 15) is 18.0 Å². The lowest BCUT2D eigenvalue weighted by atomic mass is 10.0. The minimum atomic E-state index is -3.73. The first-order valence-electron chi connectivity index (χ1n) is 8.99. The Morgan fingerprint density at radius 1 is 1.27 bits per heavy atom. The van der Waals surface area contributed by atoms with Gasteiger partial charge in [-0.1, -0.05) is 12.8 Å². The first-order valence-corrected chi connectivity index (χ1v) is 10.5. The van der Waals surface area contributed by atoms with Crippen molar-refractivity contribution in [2.24, 2.45) is 13.0 Å². The number of nitrogens with zero attached hydrogens (tertiary/aromatic N) is 1. The van der Waals surface area contributed by atoms with E-state index < -0.39 is 26.8 Å². The molecule has 2 aromatic rings. The number of fused-ring (bicyclic) bond motifs is 1. The van der Waals surface area contributed by atoms with Crippen LogP contribution in [0.25, 0.3) is 10.9 Å². The number of aryl methyl sites for hydroxylation is 1. The van der Waals surface area contributed by atoms with Gasteiger partial charge in [-0.15, -0.1) is 0 Å². The molecule has 8 heteroatoms. The smallest absolute Gasteiger partial charge is 0.307 e. The summed E-state index contributed by atoms with van der Waals surface area (Å²) in [6.45, 7) is 1.88. The fourth-order valence-corrected chi connectivity index (χ4v) is 5.10. The van der Waals surface area contributed by atoms with Gasteiger partial charge in [0.05, 0.1) is 15.8 Å². The highest BCUT2D eigenvalue weighted by Crippen LogP contribution is 2.38. The van der Waals surface area contributed by atoms with Crippen molar-refractivity contribution in [2.45, 2.75) is 55.9 Å². The van der Waals surface area contributed by atoms with Crippen molar-refractivity contribution in [1.29, 1.82) is 0 Å². The maximum Gasteiger partial charge on any atom is 0.328 e. The molecule has 7 nitrogen and oxygen atoms in total. The molecule has 2 N–H and O–H groups in total. The number of benzene rings is 1. The molecule has 1 heterocycles. The number of nitrogens with one attached hydrogen (secondary N) is 2. The SMILES string of the molecule is Cn1c(=O)[nH]c2ccc(S(=O)(=O)NC3(C)CC3)c(CCC3CC3)c2c1=O. The van der Waals surface area contributed by atoms with Gasteiger partial charge in [0.15, 0.2) is 0 Å². The minimum absolute atomic E-state index is 0.155. The van der Waals surface area contributed by atoms with Crippen molar-refractivity contribution >= 4 is 20.9 Å². The van der Waals surface area contributed by atoms with E-state index >= 15 is 0 Å². The maximum absolute atomic E-state index is 13.0. The Morgan fingerprint density at radius 3 is 2.58 bits per heavy atom. The molecule has 26 heavy (non-hydrogen) atoms. The molecule has 2 fully saturated rings. The summed E-state index contributed by atoms with van der Waals surface area (Å²) >= 11 is 0. The summed E-state index contributed by atoms with van der Waals surface area (Å²) in [5.74, 6) is 0.598. The monoisotopic (exact) mass is 377 g/mol. The van der Waals surface area contributed by atoms with E-state index in [-0.39, 0.29) is 4.90 Å². The van der Waals surface area contributed by atoms with Crippen LogP contribution in [-0.4, -0.2) is 23.5 Å². The average molecular weight is 377 g/mol. The molecular weight excluding hydrogens is 354 g/mol. The Kier molecular flexibility index (Phi) is 3.89. The fourth-order valence-electron chi connectivity index (χ4n) is 3.36. The maximum atomic E-state index is 13.0. The molecule has 0 aliphatic heterocycles. The third-order valence-corrected chi connectivity index (χ3v) is 7.23. The van der Waals surface area contributed by atoms with Crippen LogP contribution in [0, 0.1) is 5.92 Å². The molecule has 140 valence electrons. The Hall–Kier alpha value is -1.93. The van der Waals surface area contributed by atoms with Gasteiger partial charge in [0, 0.05) is 12.6 Å². The zero-order chi connectivity index (χ0) is 18.7. The second kappa shape index (κ2) is 5.79. The second-order valence-corrected chi connectivity index (χ2v) is 9.56. The first kappa shape index (κ1) is 17.5. The molecule has 0 saturated heterocycles. The summed E-state index contributed by atoms with van der Waals surface area (Å²) in [6, 6.07) is 3.02. The summed E-state index contributed by atoms with van der Waals surface area (Å²) in [7, 11) is -2.34. The molecule has 1 aromatic carbocycles. The number of hydrogen-bond donors (Lipinski definition) is 2. The average Bonchev–Trinajstić information content (AvgIpc) is 3.48. The third kappa shape index (κ3) is 3.12. The van der Waals surface area contributed by atoms with E-state index in [1.54, 1.807) is 0 Å². The van der Waals surface area contributed by atoms with Gasteiger partial charge >= 0.3 is 5.69 Å². The van der Waals surface area contributed by atoms with Crippen LogP contribution in [0.5, 0.6) is 0 Å². The quantitative estimate of drug-likeness (QED) is 0.794. The lowest BCUT2D eigenvalue weighted by Crippen LogP contribution is -2.36. The van der Waals surface area contributed by atoms with E-state index in [1.165, 1.54) is 19.2 Å². The highest BCUT2D eigenvalue weighted by atomic mass is 32.2. The van der Waals surface area contributed by atoms with Crippen molar-refractivity contribution in [3.63, 3.8) is 0 Å². The normalized spacial score (nSPS) is 19.0. The van der Waals surface area contributed by atoms with Gasteiger partial charge in [0.25, 0.3) is 5.56 Å². The number of sulfonamides is 1. The van der Waals surface area contributed by atoms with Crippen LogP contribution in [0.1, 0.15) is 44.6 Å². The molecular formula is C18H23N3O4S. The number of aromatic amines is 1. The van der Waals surface area contributed by atoms with Crippen molar-refractivity contribution in [3.05, 3.63) is 38.5 Å². The van der Waals surface area contributed by atoms with Gasteiger partial charge in [0.1, 0.15) is 0 Å². The number of rotatable bonds is 6. The molecule has 4 rings (SSSR count). The molecule has 0 atom stereocenters. The van der Waals surface area contributed by atoms with E-state index in [4.69, 9.17) is 0 Å². The van der Waals surface area contributed by atoms with E-state index in [2.05, 4.69) is 9.71 Å². The number of aromatic nitrogens is 2. The molecule has 0 amide bonds. The Balaban J connectivity index is 1.92. The molecule has 2 aliphatic carbocycles. The van der Waals surface area contributed by atoms with Crippen LogP contribution in [-0.2, 0) is 23.5 Å². The highest BCUT2D eigenvalue weighted by Gasteiger charge is 2.42. The topological polar surface area (TPSA) is 101 Å². The van der Waals surface area contributed by atoms with Crippen molar-refractivity contribution < 1.29 is 8.42 Å². The lowest BCUT2D eigenvalue weighted by Gasteiger charge is -2.17. The van der Waals surface area contributed by atoms with E-state index in [0.29, 0.717) is 28.8 Å². The summed E-state index contributed by atoms with van der Waals surface area (Å²) in [5, 5.41) is 0.302. The lowest BCUT2D eigenvalue weighted by molar-refractivity contribution is 0.556. The Labute approximate surface area is 151 Å². The van der Waals surface area contributed by atoms with Crippen LogP contribution in [0.15, 0.2) is 26.6 Å². The molecule has 0 spiro atoms. The van der Waals surface area contributed by atoms with Crippen LogP contribution in [0.4, 0.5) is 0 Å². The van der Waals surface area contributed by atoms with Gasteiger partial charge in [-0.25, -0.2) is 17.9 Å². The zero-order valence-corrected chi connectivity index (χ0v) is 15.8. The van der Waals surface area contributed by atoms with E-state index in [0.717, 1.165) is 36.7 Å². The van der Waals surface area contributed by atoms with Gasteiger partial charge in [-0.3, -0.25) is 9.36 Å². The highest BCUT2D eigenvalue weighted by molar-refractivity contribution is 7.89. The van der Waals surface area contributed by atoms with Crippen LogP contribution >= 0.6 is 0 Å². The van der Waals surface area contributed by atoms with Gasteiger partial charge < -0.3 is 4.98 Å². The zero-order valence-electron chi connectivity index (χ0n) is 15.0. The molecule has 2 saturated carbocycles. The standard InChI is InChI=1S/C18H23N3O4S/c1-18(9-10-18)20-26(24,25)14-8-7-13-15(12(14)6-5-11-3-4-11)16(22)21(2)17(23)19-13/h7-8,11,20H,3-6,9-10H2,1-2H3,(H,19,23). The van der Waals surface area contributed by atoms with Crippen LogP contribution < -0.4 is 16.0 Å². The molecule has 2 aliphatic rings. The minimum Gasteiger partial charge on any atom is -0.307 e. The fraction of sp³-hybridized carbons (Fsp3) is 0.556. The molecule has 1 aromatic heterocycles. The van der Waals surface area contributed by atoms with Gasteiger partial charge in [0.2, 0.25) is 10.0 Å². The third-order valence-electron chi connectivity index (χ3n) is 5.50. The predicted molar refractivity (Wildman–Crippen MR) is 98.8 cm³/mol. The summed E-state index contributed by atoms with van der Waals surface area (Å²) < 4.78 is 29.7. The Bertz CT molecular complexity index is 1110. The van der Waals surface area contributed by atoms with Crippen LogP contribution in [0.3, 0.4) is 0 Å². The Morgan fingerprint density at radius 2 is 1.96 bits per heavy atom. The summed E-state index contributed by atoms with van der Waals surface area (Å²) in [5.41, 5.74) is -0.445. The predicted octanol–water partition coefficient (Wildman–Crippen LogP) is 1.40. The van der Waals surface area contributed by atoms with Crippen molar-refractivity contribution in [1.82, 2.24) is 14.3 Å². The van der Waals surface area contributed by atoms with Crippen molar-refractivity contribution in [3.8, 4) is 0 Å². The number of H-pyrrole nitrogens is 1. The number of hydrogen-bond acceptors (Lipinski definition) is 4. The molecule has 0 unspecified atom stereocenters. The molecule has 0 bridgehead atoms.